The molecule has 0 radical (unpaired) electrons. The predicted molar refractivity (Wildman–Crippen MR) is 93.0 cm³/mol. The first-order valence-corrected chi connectivity index (χ1v) is 9.67. The molecule has 0 bridgehead atoms. The van der Waals surface area contributed by atoms with Crippen molar-refractivity contribution in [3.63, 3.8) is 0 Å². The molecule has 132 valence electrons. The lowest BCUT2D eigenvalue weighted by Gasteiger charge is -2.45. The number of carbonyl (C=O) groups is 3. The van der Waals surface area contributed by atoms with Crippen LogP contribution in [0.15, 0.2) is 28.9 Å². The Morgan fingerprint density at radius 3 is 2.92 bits per heavy atom. The minimum atomic E-state index is -1.31. The number of anilines is 1. The topological polar surface area (TPSA) is 93.4 Å². The summed E-state index contributed by atoms with van der Waals surface area (Å²) in [5.74, 6) is 0.117. The van der Waals surface area contributed by atoms with Gasteiger partial charge in [-0.3, -0.25) is 9.69 Å². The number of carboxylic acids is 1. The number of hydrogen-bond acceptors (Lipinski definition) is 6. The number of amides is 2. The number of aryl methyl sites for hydroxylation is 1. The van der Waals surface area contributed by atoms with Gasteiger partial charge in [-0.2, -0.15) is 0 Å². The van der Waals surface area contributed by atoms with Crippen molar-refractivity contribution in [1.29, 1.82) is 0 Å². The van der Waals surface area contributed by atoms with Crippen molar-refractivity contribution in [2.24, 2.45) is 7.05 Å². The van der Waals surface area contributed by atoms with Crippen molar-refractivity contribution in [3.8, 4) is 0 Å². The van der Waals surface area contributed by atoms with Crippen LogP contribution >= 0.6 is 23.5 Å². The minimum absolute atomic E-state index is 0.00794. The summed E-state index contributed by atoms with van der Waals surface area (Å²) in [5, 5.41) is 14.2. The van der Waals surface area contributed by atoms with Crippen molar-refractivity contribution in [3.05, 3.63) is 34.5 Å². The van der Waals surface area contributed by atoms with Gasteiger partial charge in [0.2, 0.25) is 5.91 Å². The molecule has 2 aliphatic heterocycles. The lowest BCUT2D eigenvalue weighted by Crippen LogP contribution is -2.55. The molecule has 2 amide bonds. The van der Waals surface area contributed by atoms with E-state index in [1.165, 1.54) is 23.6 Å². The summed E-state index contributed by atoms with van der Waals surface area (Å²) < 4.78 is 1.79. The Bertz CT molecular complexity index is 794. The van der Waals surface area contributed by atoms with Crippen LogP contribution in [-0.4, -0.2) is 33.8 Å². The second-order valence-electron chi connectivity index (χ2n) is 5.79. The fraction of sp³-hybridized carbons (Fsp3) is 0.375. The van der Waals surface area contributed by atoms with Crippen molar-refractivity contribution >= 4 is 47.1 Å². The van der Waals surface area contributed by atoms with Crippen molar-refractivity contribution in [1.82, 2.24) is 4.90 Å². The quantitative estimate of drug-likeness (QED) is 0.570. The number of fused-ring (bicyclic) bond motifs is 1. The third-order valence-corrected chi connectivity index (χ3v) is 6.51. The number of aliphatic carboxylic acids is 1. The number of pyridine rings is 1. The van der Waals surface area contributed by atoms with Gasteiger partial charge in [-0.15, -0.1) is 23.5 Å². The fourth-order valence-electron chi connectivity index (χ4n) is 2.66. The molecular weight excluding hydrogens is 362 g/mol. The number of β-lactam (4-membered cyclic amide) rings is 1. The first-order chi connectivity index (χ1) is 11.9. The summed E-state index contributed by atoms with van der Waals surface area (Å²) in [4.78, 5) is 36.4. The van der Waals surface area contributed by atoms with Crippen molar-refractivity contribution in [2.45, 2.75) is 24.5 Å². The number of hydrogen-bond donors (Lipinski definition) is 1. The van der Waals surface area contributed by atoms with Crippen molar-refractivity contribution < 1.29 is 24.1 Å². The van der Waals surface area contributed by atoms with E-state index >= 15 is 0 Å². The van der Waals surface area contributed by atoms with Crippen LogP contribution in [0, 0.1) is 0 Å². The predicted octanol–water partition coefficient (Wildman–Crippen LogP) is -0.0306. The number of thioether (sulfide) groups is 2. The molecule has 1 unspecified atom stereocenters. The Morgan fingerprint density at radius 1 is 1.52 bits per heavy atom. The maximum atomic E-state index is 11.7. The van der Waals surface area contributed by atoms with Gasteiger partial charge in [-0.05, 0) is 11.6 Å². The Labute approximate surface area is 153 Å². The van der Waals surface area contributed by atoms with E-state index in [-0.39, 0.29) is 22.9 Å². The molecule has 7 nitrogen and oxygen atoms in total. The maximum Gasteiger partial charge on any atom is 0.304 e. The molecule has 2 aliphatic rings. The molecule has 1 aromatic heterocycles. The summed E-state index contributed by atoms with van der Waals surface area (Å²) in [5.41, 5.74) is 0.952. The zero-order chi connectivity index (χ0) is 18.1. The van der Waals surface area contributed by atoms with E-state index in [2.05, 4.69) is 5.32 Å². The van der Waals surface area contributed by atoms with Crippen LogP contribution in [0.5, 0.6) is 0 Å². The number of carbonyl (C=O) groups excluding carboxylic acids is 3. The van der Waals surface area contributed by atoms with E-state index in [4.69, 9.17) is 0 Å². The molecule has 9 heteroatoms. The Hall–Kier alpha value is -2.00. The molecule has 0 saturated carbocycles. The van der Waals surface area contributed by atoms with E-state index < -0.39 is 5.97 Å². The molecule has 1 aromatic rings. The third-order valence-electron chi connectivity index (χ3n) is 3.94. The van der Waals surface area contributed by atoms with Gasteiger partial charge in [0, 0.05) is 29.4 Å². The van der Waals surface area contributed by atoms with Crippen LogP contribution in [0.4, 0.5) is 5.82 Å². The molecule has 1 atom stereocenters. The number of nitrogens with one attached hydrogen (secondary N) is 1. The summed E-state index contributed by atoms with van der Waals surface area (Å²) in [6.45, 7) is 1.44. The van der Waals surface area contributed by atoms with Crippen LogP contribution < -0.4 is 15.0 Å². The number of aromatic nitrogens is 1. The first-order valence-electron chi connectivity index (χ1n) is 7.64. The minimum Gasteiger partial charge on any atom is -0.543 e. The molecule has 3 heterocycles. The highest BCUT2D eigenvalue weighted by Gasteiger charge is 2.43. The van der Waals surface area contributed by atoms with E-state index in [0.717, 1.165) is 5.56 Å². The highest BCUT2D eigenvalue weighted by Crippen LogP contribution is 2.43. The first kappa shape index (κ1) is 17.8. The molecule has 1 N–H and O–H groups in total. The van der Waals surface area contributed by atoms with E-state index in [9.17, 15) is 19.5 Å². The Balaban J connectivity index is 1.78. The van der Waals surface area contributed by atoms with Crippen LogP contribution in [0.3, 0.4) is 0 Å². The van der Waals surface area contributed by atoms with E-state index in [0.29, 0.717) is 28.6 Å². The normalized spacial score (nSPS) is 19.4. The van der Waals surface area contributed by atoms with Crippen molar-refractivity contribution in [2.75, 3.05) is 11.1 Å². The molecular formula is C16H17N3O4S2. The van der Waals surface area contributed by atoms with Gasteiger partial charge < -0.3 is 9.90 Å². The molecule has 1 saturated heterocycles. The zero-order valence-corrected chi connectivity index (χ0v) is 15.4. The standard InChI is InChI=1S/C16H17N3O4S2/c1-9(20)17-12-5-10(3-4-18(12)2)7-24-11-8-25-14-6-13(21)19(14)15(11)16(22)23/h3-5,14H,6-8H2,1-2H3,(H,22,23). The fourth-order valence-corrected chi connectivity index (χ4v) is 5.15. The second-order valence-corrected chi connectivity index (χ2v) is 8.03. The van der Waals surface area contributed by atoms with Crippen LogP contribution in [-0.2, 0) is 27.2 Å². The Kier molecular flexibility index (Phi) is 5.05. The molecule has 25 heavy (non-hydrogen) atoms. The molecule has 0 spiro atoms. The summed E-state index contributed by atoms with van der Waals surface area (Å²) in [6, 6.07) is 3.76. The summed E-state index contributed by atoms with van der Waals surface area (Å²) >= 11 is 2.95. The molecule has 1 fully saturated rings. The second kappa shape index (κ2) is 7.09. The van der Waals surface area contributed by atoms with Crippen LogP contribution in [0.1, 0.15) is 18.9 Å². The average molecular weight is 379 g/mol. The number of rotatable bonds is 5. The van der Waals surface area contributed by atoms with E-state index in [1.54, 1.807) is 16.3 Å². The van der Waals surface area contributed by atoms with Crippen LogP contribution in [0.25, 0.3) is 0 Å². The zero-order valence-electron chi connectivity index (χ0n) is 13.8. The highest BCUT2D eigenvalue weighted by atomic mass is 32.2. The lowest BCUT2D eigenvalue weighted by atomic mass is 10.1. The summed E-state index contributed by atoms with van der Waals surface area (Å²) in [7, 11) is 1.83. The van der Waals surface area contributed by atoms with E-state index in [1.807, 2.05) is 25.4 Å². The molecule has 0 aromatic carbocycles. The Morgan fingerprint density at radius 2 is 2.28 bits per heavy atom. The molecule has 3 rings (SSSR count). The van der Waals surface area contributed by atoms with Gasteiger partial charge in [-0.25, -0.2) is 14.7 Å². The van der Waals surface area contributed by atoms with Gasteiger partial charge in [0.15, 0.2) is 0 Å². The van der Waals surface area contributed by atoms with Gasteiger partial charge >= 0.3 is 5.91 Å². The smallest absolute Gasteiger partial charge is 0.304 e. The number of carboxylic acid groups (broad SMARTS) is 1. The molecule has 0 aliphatic carbocycles. The summed E-state index contributed by atoms with van der Waals surface area (Å²) in [6.07, 6.45) is 2.22. The lowest BCUT2D eigenvalue weighted by molar-refractivity contribution is -0.657. The maximum absolute atomic E-state index is 11.7. The number of nitrogens with zero attached hydrogens (tertiary/aromatic N) is 2. The van der Waals surface area contributed by atoms with Crippen LogP contribution in [0.2, 0.25) is 0 Å². The van der Waals surface area contributed by atoms with Gasteiger partial charge in [0.05, 0.1) is 36.7 Å². The third kappa shape index (κ3) is 3.67. The average Bonchev–Trinajstić information content (AvgIpc) is 2.54. The highest BCUT2D eigenvalue weighted by molar-refractivity contribution is 8.05. The monoisotopic (exact) mass is 379 g/mol. The largest absolute Gasteiger partial charge is 0.543 e. The van der Waals surface area contributed by atoms with Gasteiger partial charge in [0.25, 0.3) is 5.82 Å². The van der Waals surface area contributed by atoms with Gasteiger partial charge in [0.1, 0.15) is 0 Å². The SMILES string of the molecule is CC(=O)Nc1cc(CSC2=C(C(=O)[O-])N3C(=O)CC3SC2)cc[n+]1C. The van der Waals surface area contributed by atoms with Gasteiger partial charge in [-0.1, -0.05) is 0 Å².